The summed E-state index contributed by atoms with van der Waals surface area (Å²) in [4.78, 5) is 10.4. The van der Waals surface area contributed by atoms with Crippen molar-refractivity contribution in [1.82, 2.24) is 0 Å². The number of hydrogen-bond acceptors (Lipinski definition) is 5. The molecule has 6 heteroatoms. The van der Waals surface area contributed by atoms with Gasteiger partial charge in [0.25, 0.3) is 0 Å². The summed E-state index contributed by atoms with van der Waals surface area (Å²) in [5, 5.41) is 10.9. The van der Waals surface area contributed by atoms with Gasteiger partial charge in [-0.25, -0.2) is 0 Å². The molecule has 0 saturated carbocycles. The lowest BCUT2D eigenvalue weighted by atomic mass is 10.3. The topological polar surface area (TPSA) is 70.8 Å². The van der Waals surface area contributed by atoms with Crippen molar-refractivity contribution in [3.05, 3.63) is 58.6 Å². The van der Waals surface area contributed by atoms with Crippen LogP contribution in [-0.2, 0) is 0 Å². The van der Waals surface area contributed by atoms with E-state index in [1.54, 1.807) is 25.3 Å². The van der Waals surface area contributed by atoms with Gasteiger partial charge in [0, 0.05) is 12.1 Å². The van der Waals surface area contributed by atoms with Gasteiger partial charge in [0.2, 0.25) is 0 Å². The minimum absolute atomic E-state index is 0.0138. The van der Waals surface area contributed by atoms with E-state index in [4.69, 9.17) is 14.2 Å². The Balaban J connectivity index is 1.69. The minimum Gasteiger partial charge on any atom is -0.497 e. The van der Waals surface area contributed by atoms with Crippen LogP contribution >= 0.6 is 0 Å². The van der Waals surface area contributed by atoms with Gasteiger partial charge in [-0.1, -0.05) is 18.2 Å². The summed E-state index contributed by atoms with van der Waals surface area (Å²) in [6.07, 6.45) is 1.54. The molecule has 0 bridgehead atoms. The molecule has 0 aliphatic carbocycles. The summed E-state index contributed by atoms with van der Waals surface area (Å²) >= 11 is 0. The van der Waals surface area contributed by atoms with Crippen molar-refractivity contribution in [2.24, 2.45) is 0 Å². The van der Waals surface area contributed by atoms with E-state index in [-0.39, 0.29) is 5.69 Å². The fourth-order valence-corrected chi connectivity index (χ4v) is 2.00. The fraction of sp³-hybridized carbons (Fsp3) is 0.294. The van der Waals surface area contributed by atoms with Crippen molar-refractivity contribution in [2.45, 2.75) is 12.8 Å². The lowest BCUT2D eigenvalue weighted by Crippen LogP contribution is -2.04. The van der Waals surface area contributed by atoms with Gasteiger partial charge in [0.15, 0.2) is 5.75 Å². The Morgan fingerprint density at radius 2 is 1.65 bits per heavy atom. The molecule has 0 saturated heterocycles. The third-order valence-electron chi connectivity index (χ3n) is 3.17. The zero-order valence-electron chi connectivity index (χ0n) is 12.9. The number of rotatable bonds is 9. The molecule has 23 heavy (non-hydrogen) atoms. The molecule has 0 unspecified atom stereocenters. The number of benzene rings is 2. The lowest BCUT2D eigenvalue weighted by Gasteiger charge is -2.08. The summed E-state index contributed by atoms with van der Waals surface area (Å²) in [5.41, 5.74) is -0.0138. The average Bonchev–Trinajstić information content (AvgIpc) is 2.58. The van der Waals surface area contributed by atoms with E-state index >= 15 is 0 Å². The highest BCUT2D eigenvalue weighted by atomic mass is 16.6. The molecule has 2 rings (SSSR count). The zero-order valence-corrected chi connectivity index (χ0v) is 12.9. The number of unbranched alkanes of at least 4 members (excludes halogenated alkanes) is 1. The van der Waals surface area contributed by atoms with Crippen molar-refractivity contribution < 1.29 is 19.1 Å². The summed E-state index contributed by atoms with van der Waals surface area (Å²) < 4.78 is 16.2. The number of hydrogen-bond donors (Lipinski definition) is 0. The summed E-state index contributed by atoms with van der Waals surface area (Å²) in [7, 11) is 1.61. The number of nitro groups is 1. The van der Waals surface area contributed by atoms with Crippen molar-refractivity contribution in [3.8, 4) is 17.2 Å². The van der Waals surface area contributed by atoms with Crippen LogP contribution in [0.2, 0.25) is 0 Å². The second kappa shape index (κ2) is 8.63. The first-order chi connectivity index (χ1) is 11.2. The first-order valence-corrected chi connectivity index (χ1v) is 7.34. The average molecular weight is 317 g/mol. The van der Waals surface area contributed by atoms with E-state index in [0.717, 1.165) is 24.3 Å². The molecule has 0 aliphatic heterocycles. The van der Waals surface area contributed by atoms with Gasteiger partial charge in [0.1, 0.15) is 11.5 Å². The highest BCUT2D eigenvalue weighted by Crippen LogP contribution is 2.26. The molecule has 122 valence electrons. The number of ether oxygens (including phenoxy) is 3. The standard InChI is InChI=1S/C17H19NO5/c1-21-14-7-6-8-15(13-14)22-11-4-5-12-23-17-10-3-2-9-16(17)18(19)20/h2-3,6-10,13H,4-5,11-12H2,1H3. The van der Waals surface area contributed by atoms with Gasteiger partial charge in [0.05, 0.1) is 25.2 Å². The Hall–Kier alpha value is -2.76. The molecule has 0 spiro atoms. The molecule has 0 aliphatic rings. The van der Waals surface area contributed by atoms with Crippen LogP contribution in [0, 0.1) is 10.1 Å². The van der Waals surface area contributed by atoms with E-state index in [2.05, 4.69) is 0 Å². The normalized spacial score (nSPS) is 10.1. The van der Waals surface area contributed by atoms with Crippen molar-refractivity contribution in [1.29, 1.82) is 0 Å². The molecule has 2 aromatic rings. The van der Waals surface area contributed by atoms with Gasteiger partial charge in [-0.2, -0.15) is 0 Å². The van der Waals surface area contributed by atoms with Crippen LogP contribution < -0.4 is 14.2 Å². The van der Waals surface area contributed by atoms with Crippen LogP contribution in [0.3, 0.4) is 0 Å². The Labute approximate surface area is 134 Å². The second-order valence-electron chi connectivity index (χ2n) is 4.81. The molecule has 6 nitrogen and oxygen atoms in total. The summed E-state index contributed by atoms with van der Waals surface area (Å²) in [5.74, 6) is 1.80. The quantitative estimate of drug-likeness (QED) is 0.399. The number of para-hydroxylation sites is 2. The Kier molecular flexibility index (Phi) is 6.23. The molecule has 2 aromatic carbocycles. The van der Waals surface area contributed by atoms with E-state index in [1.807, 2.05) is 24.3 Å². The van der Waals surface area contributed by atoms with Gasteiger partial charge >= 0.3 is 5.69 Å². The molecule has 0 radical (unpaired) electrons. The number of methoxy groups -OCH3 is 1. The smallest absolute Gasteiger partial charge is 0.310 e. The molecular weight excluding hydrogens is 298 g/mol. The van der Waals surface area contributed by atoms with Gasteiger partial charge in [-0.05, 0) is 31.0 Å². The highest BCUT2D eigenvalue weighted by molar-refractivity contribution is 5.45. The third kappa shape index (κ3) is 5.18. The maximum absolute atomic E-state index is 10.9. The Bertz CT molecular complexity index is 644. The predicted octanol–water partition coefficient (Wildman–Crippen LogP) is 3.84. The fourth-order valence-electron chi connectivity index (χ4n) is 2.00. The van der Waals surface area contributed by atoms with Crippen LogP contribution in [0.5, 0.6) is 17.2 Å². The monoisotopic (exact) mass is 317 g/mol. The van der Waals surface area contributed by atoms with Gasteiger partial charge in [-0.15, -0.1) is 0 Å². The molecule has 0 aromatic heterocycles. The van der Waals surface area contributed by atoms with E-state index in [9.17, 15) is 10.1 Å². The van der Waals surface area contributed by atoms with Crippen LogP contribution in [-0.4, -0.2) is 25.2 Å². The lowest BCUT2D eigenvalue weighted by molar-refractivity contribution is -0.385. The Morgan fingerprint density at radius 3 is 2.39 bits per heavy atom. The molecule has 0 heterocycles. The highest BCUT2D eigenvalue weighted by Gasteiger charge is 2.12. The molecule has 0 atom stereocenters. The minimum atomic E-state index is -0.443. The van der Waals surface area contributed by atoms with Crippen molar-refractivity contribution >= 4 is 5.69 Å². The number of nitro benzene ring substituents is 1. The van der Waals surface area contributed by atoms with Crippen molar-refractivity contribution in [2.75, 3.05) is 20.3 Å². The van der Waals surface area contributed by atoms with Crippen LogP contribution in [0.1, 0.15) is 12.8 Å². The van der Waals surface area contributed by atoms with E-state index in [0.29, 0.717) is 19.0 Å². The van der Waals surface area contributed by atoms with Gasteiger partial charge < -0.3 is 14.2 Å². The summed E-state index contributed by atoms with van der Waals surface area (Å²) in [6, 6.07) is 13.8. The van der Waals surface area contributed by atoms with E-state index < -0.39 is 4.92 Å². The molecule has 0 fully saturated rings. The summed E-state index contributed by atoms with van der Waals surface area (Å²) in [6.45, 7) is 0.958. The third-order valence-corrected chi connectivity index (χ3v) is 3.17. The maximum atomic E-state index is 10.9. The molecule has 0 N–H and O–H groups in total. The van der Waals surface area contributed by atoms with Crippen LogP contribution in [0.15, 0.2) is 48.5 Å². The maximum Gasteiger partial charge on any atom is 0.310 e. The van der Waals surface area contributed by atoms with Crippen molar-refractivity contribution in [3.63, 3.8) is 0 Å². The zero-order chi connectivity index (χ0) is 16.5. The van der Waals surface area contributed by atoms with E-state index in [1.165, 1.54) is 6.07 Å². The Morgan fingerprint density at radius 1 is 0.957 bits per heavy atom. The molecule has 0 amide bonds. The first kappa shape index (κ1) is 16.6. The SMILES string of the molecule is COc1cccc(OCCCCOc2ccccc2[N+](=O)[O-])c1. The predicted molar refractivity (Wildman–Crippen MR) is 86.3 cm³/mol. The number of nitrogens with zero attached hydrogens (tertiary/aromatic N) is 1. The van der Waals surface area contributed by atoms with Crippen LogP contribution in [0.4, 0.5) is 5.69 Å². The van der Waals surface area contributed by atoms with Gasteiger partial charge in [-0.3, -0.25) is 10.1 Å². The second-order valence-corrected chi connectivity index (χ2v) is 4.81. The first-order valence-electron chi connectivity index (χ1n) is 7.34. The largest absolute Gasteiger partial charge is 0.497 e. The van der Waals surface area contributed by atoms with Crippen LogP contribution in [0.25, 0.3) is 0 Å². The molecular formula is C17H19NO5.